The lowest BCUT2D eigenvalue weighted by atomic mass is 9.76. The van der Waals surface area contributed by atoms with E-state index in [9.17, 15) is 49.1 Å². The maximum Gasteiger partial charge on any atom is 0.501 e. The number of nitrogens with zero attached hydrogens (tertiary/aromatic N) is 3. The number of aromatic nitrogens is 1. The number of rotatable bonds is 5. The molecule has 2 aromatic carbocycles. The molecule has 0 aliphatic carbocycles. The highest BCUT2D eigenvalue weighted by Gasteiger charge is 2.58. The molecule has 3 amide bonds. The van der Waals surface area contributed by atoms with Crippen LogP contribution in [0.5, 0.6) is 0 Å². The number of para-hydroxylation sites is 1. The highest BCUT2D eigenvalue weighted by atomic mass is 32.2. The summed E-state index contributed by atoms with van der Waals surface area (Å²) in [4.78, 5) is 46.2. The Morgan fingerprint density at radius 1 is 0.925 bits per heavy atom. The number of fused-ring (bicyclic) bond motifs is 1. The second-order valence-electron chi connectivity index (χ2n) is 9.10. The summed E-state index contributed by atoms with van der Waals surface area (Å²) in [5.41, 5.74) is -6.89. The average molecular weight is 589 g/mol. The number of urea groups is 1. The second kappa shape index (κ2) is 9.46. The number of hydrogen-bond donors (Lipinski definition) is 0. The Kier molecular flexibility index (Phi) is 6.81. The molecule has 1 aromatic heterocycles. The predicted octanol–water partition coefficient (Wildman–Crippen LogP) is 4.66. The summed E-state index contributed by atoms with van der Waals surface area (Å²) in [6.45, 7) is 2.81. The molecule has 1 aliphatic heterocycles. The Labute approximate surface area is 221 Å². The fourth-order valence-corrected chi connectivity index (χ4v) is 5.07. The maximum absolute atomic E-state index is 13.6. The molecule has 0 bridgehead atoms. The summed E-state index contributed by atoms with van der Waals surface area (Å²) < 4.78 is 101. The van der Waals surface area contributed by atoms with Crippen molar-refractivity contribution in [3.05, 3.63) is 66.4 Å². The SMILES string of the molecule is CC(C)(c1ccnc2ccccc12)C1C(=O)N(c2ccc(S(=O)(=O)C(F)(F)F)cc2)C(=O)N1OC(=O)C(F)(F)F. The van der Waals surface area contributed by atoms with Crippen LogP contribution in [0.2, 0.25) is 0 Å². The van der Waals surface area contributed by atoms with E-state index in [0.717, 1.165) is 0 Å². The number of amides is 3. The van der Waals surface area contributed by atoms with E-state index >= 15 is 0 Å². The van der Waals surface area contributed by atoms with E-state index in [1.807, 2.05) is 0 Å². The third-order valence-electron chi connectivity index (χ3n) is 6.22. The zero-order valence-electron chi connectivity index (χ0n) is 20.3. The van der Waals surface area contributed by atoms with Crippen molar-refractivity contribution >= 4 is 44.3 Å². The Morgan fingerprint density at radius 2 is 1.52 bits per heavy atom. The molecule has 0 spiro atoms. The van der Waals surface area contributed by atoms with Crippen molar-refractivity contribution in [3.8, 4) is 0 Å². The minimum Gasteiger partial charge on any atom is -0.327 e. The van der Waals surface area contributed by atoms with Crippen LogP contribution in [-0.4, -0.2) is 54.1 Å². The fraction of sp³-hybridized carbons (Fsp3) is 0.250. The lowest BCUT2D eigenvalue weighted by molar-refractivity contribution is -0.232. The van der Waals surface area contributed by atoms with E-state index < -0.39 is 61.5 Å². The van der Waals surface area contributed by atoms with Crippen molar-refractivity contribution < 1.29 is 54.0 Å². The number of anilines is 1. The van der Waals surface area contributed by atoms with Crippen molar-refractivity contribution in [3.63, 3.8) is 0 Å². The number of sulfone groups is 1. The molecule has 1 unspecified atom stereocenters. The number of hydroxylamine groups is 2. The van der Waals surface area contributed by atoms with Gasteiger partial charge in [0.25, 0.3) is 15.7 Å². The summed E-state index contributed by atoms with van der Waals surface area (Å²) in [5, 5.41) is 0.422. The minimum absolute atomic E-state index is 0.0479. The first-order chi connectivity index (χ1) is 18.4. The van der Waals surface area contributed by atoms with Crippen molar-refractivity contribution in [2.75, 3.05) is 4.90 Å². The highest BCUT2D eigenvalue weighted by molar-refractivity contribution is 7.92. The van der Waals surface area contributed by atoms with Crippen LogP contribution in [0.3, 0.4) is 0 Å². The highest BCUT2D eigenvalue weighted by Crippen LogP contribution is 2.41. The Balaban J connectivity index is 1.83. The summed E-state index contributed by atoms with van der Waals surface area (Å²) in [5.74, 6) is -4.00. The van der Waals surface area contributed by atoms with E-state index in [4.69, 9.17) is 0 Å². The molecule has 9 nitrogen and oxygen atoms in total. The second-order valence-corrected chi connectivity index (χ2v) is 11.0. The average Bonchev–Trinajstić information content (AvgIpc) is 3.11. The number of imide groups is 1. The third kappa shape index (κ3) is 4.71. The molecular weight excluding hydrogens is 572 g/mol. The topological polar surface area (TPSA) is 114 Å². The number of carbonyl (C=O) groups is 3. The number of benzene rings is 2. The molecule has 1 fully saturated rings. The molecule has 2 heterocycles. The standard InChI is InChI=1S/C24H17F6N3O6S/c1-22(2,16-11-12-31-17-6-4-3-5-15(16)17)18-19(34)32(21(36)33(18)39-20(35)23(25,26)27)13-7-9-14(10-8-13)40(37,38)24(28,29)30/h3-12,18H,1-2H3. The zero-order chi connectivity index (χ0) is 29.8. The summed E-state index contributed by atoms with van der Waals surface area (Å²) >= 11 is 0. The predicted molar refractivity (Wildman–Crippen MR) is 125 cm³/mol. The van der Waals surface area contributed by atoms with Crippen molar-refractivity contribution in [1.82, 2.24) is 10.0 Å². The van der Waals surface area contributed by atoms with Gasteiger partial charge in [-0.05, 0) is 42.0 Å². The molecule has 40 heavy (non-hydrogen) atoms. The van der Waals surface area contributed by atoms with Crippen LogP contribution in [0, 0.1) is 0 Å². The largest absolute Gasteiger partial charge is 0.501 e. The van der Waals surface area contributed by atoms with Gasteiger partial charge in [0.15, 0.2) is 6.04 Å². The number of pyridine rings is 1. The lowest BCUT2D eigenvalue weighted by Gasteiger charge is -2.34. The van der Waals surface area contributed by atoms with E-state index in [2.05, 4.69) is 9.82 Å². The van der Waals surface area contributed by atoms with Gasteiger partial charge in [-0.1, -0.05) is 32.0 Å². The monoisotopic (exact) mass is 589 g/mol. The van der Waals surface area contributed by atoms with Crippen LogP contribution in [0.25, 0.3) is 10.9 Å². The quantitative estimate of drug-likeness (QED) is 0.314. The summed E-state index contributed by atoms with van der Waals surface area (Å²) in [7, 11) is -5.78. The Hall–Kier alpha value is -4.21. The fourth-order valence-electron chi connectivity index (χ4n) is 4.31. The van der Waals surface area contributed by atoms with Crippen LogP contribution in [0.15, 0.2) is 65.7 Å². The molecule has 212 valence electrons. The van der Waals surface area contributed by atoms with Crippen molar-refractivity contribution in [2.45, 2.75) is 41.9 Å². The van der Waals surface area contributed by atoms with Gasteiger partial charge in [0.1, 0.15) is 0 Å². The van der Waals surface area contributed by atoms with E-state index in [0.29, 0.717) is 40.7 Å². The Bertz CT molecular complexity index is 1620. The van der Waals surface area contributed by atoms with E-state index in [-0.39, 0.29) is 9.96 Å². The lowest BCUT2D eigenvalue weighted by Crippen LogP contribution is -2.50. The minimum atomic E-state index is -5.78. The molecule has 4 rings (SSSR count). The van der Waals surface area contributed by atoms with Crippen molar-refractivity contribution in [2.24, 2.45) is 0 Å². The molecular formula is C24H17F6N3O6S. The van der Waals surface area contributed by atoms with Gasteiger partial charge in [0, 0.05) is 17.0 Å². The number of hydrogen-bond acceptors (Lipinski definition) is 7. The van der Waals surface area contributed by atoms with Gasteiger partial charge in [-0.15, -0.1) is 5.06 Å². The maximum atomic E-state index is 13.6. The van der Waals surface area contributed by atoms with Gasteiger partial charge in [-0.3, -0.25) is 9.78 Å². The van der Waals surface area contributed by atoms with Crippen LogP contribution in [0.4, 0.5) is 36.8 Å². The van der Waals surface area contributed by atoms with Crippen LogP contribution in [-0.2, 0) is 29.7 Å². The molecule has 1 atom stereocenters. The van der Waals surface area contributed by atoms with Gasteiger partial charge in [-0.2, -0.15) is 26.3 Å². The number of halogens is 6. The summed E-state index contributed by atoms with van der Waals surface area (Å²) in [6, 6.07) is 6.87. The van der Waals surface area contributed by atoms with Gasteiger partial charge in [0.05, 0.1) is 16.1 Å². The smallest absolute Gasteiger partial charge is 0.327 e. The number of alkyl halides is 6. The van der Waals surface area contributed by atoms with Crippen LogP contribution >= 0.6 is 0 Å². The zero-order valence-corrected chi connectivity index (χ0v) is 21.1. The molecule has 1 aliphatic rings. The van der Waals surface area contributed by atoms with Gasteiger partial charge < -0.3 is 4.84 Å². The van der Waals surface area contributed by atoms with Gasteiger partial charge in [0.2, 0.25) is 0 Å². The number of carbonyl (C=O) groups excluding carboxylic acids is 3. The molecule has 1 saturated heterocycles. The first kappa shape index (κ1) is 28.8. The van der Waals surface area contributed by atoms with E-state index in [1.54, 1.807) is 24.3 Å². The first-order valence-electron chi connectivity index (χ1n) is 11.1. The molecule has 0 saturated carbocycles. The van der Waals surface area contributed by atoms with E-state index in [1.165, 1.54) is 26.1 Å². The Morgan fingerprint density at radius 3 is 2.10 bits per heavy atom. The van der Waals surface area contributed by atoms with Gasteiger partial charge >= 0.3 is 23.7 Å². The molecule has 0 radical (unpaired) electrons. The third-order valence-corrected chi connectivity index (χ3v) is 7.72. The first-order valence-corrected chi connectivity index (χ1v) is 12.6. The normalized spacial score (nSPS) is 17.1. The molecule has 3 aromatic rings. The molecule has 0 N–H and O–H groups in total. The van der Waals surface area contributed by atoms with Gasteiger partial charge in [-0.25, -0.2) is 22.9 Å². The molecule has 16 heteroatoms. The summed E-state index contributed by atoms with van der Waals surface area (Å²) in [6.07, 6.45) is -4.19. The van der Waals surface area contributed by atoms with Crippen LogP contribution < -0.4 is 4.90 Å². The van der Waals surface area contributed by atoms with Crippen LogP contribution in [0.1, 0.15) is 19.4 Å². The van der Waals surface area contributed by atoms with Crippen molar-refractivity contribution in [1.29, 1.82) is 0 Å².